The van der Waals surface area contributed by atoms with Crippen molar-refractivity contribution in [2.24, 2.45) is 17.8 Å². The number of rotatable bonds is 5. The number of benzene rings is 1. The molecule has 4 nitrogen and oxygen atoms in total. The molecule has 1 aromatic rings. The summed E-state index contributed by atoms with van der Waals surface area (Å²) in [5.41, 5.74) is 1.02. The Hall–Kier alpha value is -1.20. The van der Waals surface area contributed by atoms with E-state index >= 15 is 0 Å². The lowest BCUT2D eigenvalue weighted by Crippen LogP contribution is -2.18. The van der Waals surface area contributed by atoms with Crippen molar-refractivity contribution in [1.29, 1.82) is 0 Å². The summed E-state index contributed by atoms with van der Waals surface area (Å²) in [6.07, 6.45) is 4.28. The molecule has 3 atom stereocenters. The van der Waals surface area contributed by atoms with Gasteiger partial charge in [0.2, 0.25) is 0 Å². The number of fused-ring (bicyclic) bond motifs is 2. The van der Waals surface area contributed by atoms with Crippen LogP contribution in [0.4, 0.5) is 0 Å². The maximum Gasteiger partial charge on any atom is 0.296 e. The van der Waals surface area contributed by atoms with Gasteiger partial charge in [-0.25, -0.2) is 0 Å². The first-order valence-corrected chi connectivity index (χ1v) is 9.32. The van der Waals surface area contributed by atoms with Crippen LogP contribution in [0.2, 0.25) is 0 Å². The van der Waals surface area contributed by atoms with E-state index in [9.17, 15) is 13.2 Å². The number of hydrogen-bond acceptors (Lipinski definition) is 4. The predicted molar refractivity (Wildman–Crippen MR) is 82.9 cm³/mol. The number of aryl methyl sites for hydroxylation is 1. The van der Waals surface area contributed by atoms with Crippen LogP contribution in [0.5, 0.6) is 0 Å². The van der Waals surface area contributed by atoms with Crippen LogP contribution in [0.25, 0.3) is 0 Å². The largest absolute Gasteiger partial charge is 0.300 e. The Morgan fingerprint density at radius 3 is 2.59 bits per heavy atom. The molecule has 2 aliphatic rings. The van der Waals surface area contributed by atoms with E-state index in [-0.39, 0.29) is 11.5 Å². The number of ketones is 1. The number of Topliss-reactive ketones (excluding diaryl/α,β-unsaturated/α-hetero) is 1. The third-order valence-electron chi connectivity index (χ3n) is 4.98. The summed E-state index contributed by atoms with van der Waals surface area (Å²) in [6.45, 7) is 2.12. The number of carbonyl (C=O) groups is 1. The summed E-state index contributed by atoms with van der Waals surface area (Å²) < 4.78 is 29.4. The second-order valence-corrected chi connectivity index (χ2v) is 8.30. The Morgan fingerprint density at radius 1 is 1.14 bits per heavy atom. The fourth-order valence-corrected chi connectivity index (χ4v) is 4.81. The summed E-state index contributed by atoms with van der Waals surface area (Å²) in [5.74, 6) is 1.77. The van der Waals surface area contributed by atoms with Gasteiger partial charge < -0.3 is 0 Å². The molecule has 120 valence electrons. The molecule has 0 amide bonds. The fraction of sp³-hybridized carbons (Fsp3) is 0.588. The van der Waals surface area contributed by atoms with Crippen molar-refractivity contribution < 1.29 is 17.4 Å². The smallest absolute Gasteiger partial charge is 0.296 e. The Morgan fingerprint density at radius 2 is 1.86 bits per heavy atom. The molecule has 5 heteroatoms. The van der Waals surface area contributed by atoms with Crippen LogP contribution in [0.3, 0.4) is 0 Å². The Kier molecular flexibility index (Phi) is 4.37. The van der Waals surface area contributed by atoms with Crippen molar-refractivity contribution in [1.82, 2.24) is 0 Å². The monoisotopic (exact) mass is 322 g/mol. The van der Waals surface area contributed by atoms with Gasteiger partial charge in [0.15, 0.2) is 0 Å². The third-order valence-corrected chi connectivity index (χ3v) is 6.31. The van der Waals surface area contributed by atoms with Gasteiger partial charge >= 0.3 is 0 Å². The molecule has 0 unspecified atom stereocenters. The lowest BCUT2D eigenvalue weighted by atomic mass is 9.85. The van der Waals surface area contributed by atoms with Gasteiger partial charge in [-0.2, -0.15) is 8.42 Å². The number of carbonyl (C=O) groups excluding carboxylic acids is 1. The van der Waals surface area contributed by atoms with Gasteiger partial charge in [0.05, 0.1) is 11.5 Å². The van der Waals surface area contributed by atoms with Crippen molar-refractivity contribution in [3.8, 4) is 0 Å². The Balaban J connectivity index is 1.54. The maximum atomic E-state index is 12.1. The zero-order chi connectivity index (χ0) is 15.7. The highest BCUT2D eigenvalue weighted by molar-refractivity contribution is 7.86. The summed E-state index contributed by atoms with van der Waals surface area (Å²) in [4.78, 5) is 11.8. The van der Waals surface area contributed by atoms with E-state index in [1.165, 1.54) is 0 Å². The topological polar surface area (TPSA) is 60.4 Å². The van der Waals surface area contributed by atoms with Crippen LogP contribution in [-0.4, -0.2) is 20.8 Å². The zero-order valence-corrected chi connectivity index (χ0v) is 13.6. The molecule has 0 N–H and O–H groups in total. The average molecular weight is 322 g/mol. The van der Waals surface area contributed by atoms with E-state index in [0.29, 0.717) is 30.0 Å². The summed E-state index contributed by atoms with van der Waals surface area (Å²) in [7, 11) is -3.67. The highest BCUT2D eigenvalue weighted by Crippen LogP contribution is 2.46. The quantitative estimate of drug-likeness (QED) is 0.782. The first-order chi connectivity index (χ1) is 10.4. The molecule has 3 rings (SSSR count). The van der Waals surface area contributed by atoms with Crippen molar-refractivity contribution in [3.63, 3.8) is 0 Å². The lowest BCUT2D eigenvalue weighted by molar-refractivity contribution is -0.122. The minimum atomic E-state index is -3.67. The van der Waals surface area contributed by atoms with Crippen LogP contribution in [0, 0.1) is 24.7 Å². The van der Waals surface area contributed by atoms with Gasteiger partial charge in [-0.15, -0.1) is 0 Å². The van der Waals surface area contributed by atoms with Crippen molar-refractivity contribution in [2.75, 3.05) is 6.61 Å². The van der Waals surface area contributed by atoms with Crippen LogP contribution < -0.4 is 0 Å². The summed E-state index contributed by atoms with van der Waals surface area (Å²) in [5, 5.41) is 0. The SMILES string of the molecule is Cc1ccc(S(=O)(=O)OCC[C@@H]2C[C@@H]3CC(=O)C[C@H]2C3)cc1. The lowest BCUT2D eigenvalue weighted by Gasteiger charge is -2.20. The van der Waals surface area contributed by atoms with Crippen molar-refractivity contribution >= 4 is 15.9 Å². The second kappa shape index (κ2) is 6.13. The van der Waals surface area contributed by atoms with Crippen molar-refractivity contribution in [2.45, 2.75) is 43.9 Å². The van der Waals surface area contributed by atoms with Gasteiger partial charge in [-0.1, -0.05) is 17.7 Å². The molecule has 0 saturated heterocycles. The van der Waals surface area contributed by atoms with Gasteiger partial charge in [-0.3, -0.25) is 8.98 Å². The molecule has 0 spiro atoms. The molecule has 2 fully saturated rings. The van der Waals surface area contributed by atoms with E-state index in [1.54, 1.807) is 24.3 Å². The van der Waals surface area contributed by atoms with E-state index in [1.807, 2.05) is 6.92 Å². The molecule has 0 aromatic heterocycles. The van der Waals surface area contributed by atoms with Gasteiger partial charge in [-0.05, 0) is 56.1 Å². The normalized spacial score (nSPS) is 28.0. The zero-order valence-electron chi connectivity index (χ0n) is 12.8. The highest BCUT2D eigenvalue weighted by atomic mass is 32.2. The Bertz CT molecular complexity index is 648. The van der Waals surface area contributed by atoms with Crippen LogP contribution in [0.15, 0.2) is 29.2 Å². The molecule has 2 aliphatic carbocycles. The summed E-state index contributed by atoms with van der Waals surface area (Å²) >= 11 is 0. The molecular weight excluding hydrogens is 300 g/mol. The molecule has 2 saturated carbocycles. The minimum absolute atomic E-state index is 0.207. The molecular formula is C17H22O4S. The van der Waals surface area contributed by atoms with Gasteiger partial charge in [0, 0.05) is 12.8 Å². The van der Waals surface area contributed by atoms with Crippen LogP contribution >= 0.6 is 0 Å². The number of hydrogen-bond donors (Lipinski definition) is 0. The second-order valence-electron chi connectivity index (χ2n) is 6.68. The fourth-order valence-electron chi connectivity index (χ4n) is 3.89. The predicted octanol–water partition coefficient (Wildman–Crippen LogP) is 3.10. The maximum absolute atomic E-state index is 12.1. The van der Waals surface area contributed by atoms with E-state index in [0.717, 1.165) is 31.2 Å². The first-order valence-electron chi connectivity index (χ1n) is 7.92. The van der Waals surface area contributed by atoms with Gasteiger partial charge in [0.1, 0.15) is 5.78 Å². The molecule has 1 aromatic carbocycles. The first kappa shape index (κ1) is 15.7. The molecule has 0 aliphatic heterocycles. The van der Waals surface area contributed by atoms with Crippen LogP contribution in [0.1, 0.15) is 37.7 Å². The van der Waals surface area contributed by atoms with Crippen LogP contribution in [-0.2, 0) is 19.1 Å². The average Bonchev–Trinajstić information content (AvgIpc) is 2.73. The third kappa shape index (κ3) is 3.41. The highest BCUT2D eigenvalue weighted by Gasteiger charge is 2.39. The minimum Gasteiger partial charge on any atom is -0.300 e. The molecule has 2 bridgehead atoms. The summed E-state index contributed by atoms with van der Waals surface area (Å²) in [6, 6.07) is 6.68. The van der Waals surface area contributed by atoms with Gasteiger partial charge in [0.25, 0.3) is 10.1 Å². The molecule has 0 heterocycles. The van der Waals surface area contributed by atoms with E-state index in [2.05, 4.69) is 0 Å². The van der Waals surface area contributed by atoms with E-state index < -0.39 is 10.1 Å². The van der Waals surface area contributed by atoms with E-state index in [4.69, 9.17) is 4.18 Å². The van der Waals surface area contributed by atoms with Crippen molar-refractivity contribution in [3.05, 3.63) is 29.8 Å². The Labute approximate surface area is 132 Å². The standard InChI is InChI=1S/C17H22O4S/c1-12-2-4-17(5-3-12)22(19,20)21-7-6-14-8-13-9-15(14)11-16(18)10-13/h2-5,13-15H,6-11H2,1H3/t13-,14+,15+/m0/s1. The molecule has 0 radical (unpaired) electrons. The molecule has 22 heavy (non-hydrogen) atoms.